The van der Waals surface area contributed by atoms with E-state index in [0.717, 1.165) is 21.9 Å². The van der Waals surface area contributed by atoms with Crippen LogP contribution < -0.4 is 10.1 Å². The summed E-state index contributed by atoms with van der Waals surface area (Å²) < 4.78 is 6.03. The van der Waals surface area contributed by atoms with Gasteiger partial charge in [0.1, 0.15) is 17.4 Å². The number of allylic oxidation sites excluding steroid dienone is 1. The maximum atomic E-state index is 11.7. The van der Waals surface area contributed by atoms with E-state index in [4.69, 9.17) is 16.3 Å². The Morgan fingerprint density at radius 1 is 1.11 bits per heavy atom. The van der Waals surface area contributed by atoms with Crippen molar-refractivity contribution in [3.63, 3.8) is 0 Å². The zero-order chi connectivity index (χ0) is 19.0. The SMILES string of the molecule is CC(=O)NC1=C(C#N)C(c2ccc(Cl)cc2)c2ccc3ccccc3c2O1. The Labute approximate surface area is 161 Å². The molecule has 1 aliphatic rings. The predicted molar refractivity (Wildman–Crippen MR) is 104 cm³/mol. The number of ether oxygens (including phenoxy) is 1. The highest BCUT2D eigenvalue weighted by molar-refractivity contribution is 6.30. The maximum Gasteiger partial charge on any atom is 0.223 e. The normalized spacial score (nSPS) is 15.7. The number of hydrogen-bond donors (Lipinski definition) is 1. The van der Waals surface area contributed by atoms with Gasteiger partial charge in [0.25, 0.3) is 0 Å². The molecule has 132 valence electrons. The van der Waals surface area contributed by atoms with Crippen LogP contribution in [0.1, 0.15) is 24.0 Å². The van der Waals surface area contributed by atoms with Crippen LogP contribution >= 0.6 is 11.6 Å². The molecule has 5 heteroatoms. The van der Waals surface area contributed by atoms with Crippen molar-refractivity contribution in [2.24, 2.45) is 0 Å². The van der Waals surface area contributed by atoms with E-state index in [1.54, 1.807) is 12.1 Å². The van der Waals surface area contributed by atoms with Gasteiger partial charge in [0.05, 0.1) is 5.92 Å². The average Bonchev–Trinajstić information content (AvgIpc) is 2.67. The van der Waals surface area contributed by atoms with Crippen LogP contribution in [0.25, 0.3) is 10.8 Å². The standard InChI is InChI=1S/C22H15ClN2O2/c1-13(26)25-22-19(12-24)20(15-6-9-16(23)10-7-15)18-11-8-14-4-2-3-5-17(14)21(18)27-22/h2-11,20H,1H3,(H,25,26). The van der Waals surface area contributed by atoms with E-state index in [9.17, 15) is 10.1 Å². The van der Waals surface area contributed by atoms with Crippen molar-refractivity contribution >= 4 is 28.3 Å². The summed E-state index contributed by atoms with van der Waals surface area (Å²) in [6, 6.07) is 21.4. The number of nitrogens with one attached hydrogen (secondary N) is 1. The molecular weight excluding hydrogens is 360 g/mol. The summed E-state index contributed by atoms with van der Waals surface area (Å²) in [6.07, 6.45) is 0. The molecule has 1 N–H and O–H groups in total. The van der Waals surface area contributed by atoms with Gasteiger partial charge in [-0.1, -0.05) is 60.1 Å². The summed E-state index contributed by atoms with van der Waals surface area (Å²) in [4.78, 5) is 11.7. The summed E-state index contributed by atoms with van der Waals surface area (Å²) in [7, 11) is 0. The summed E-state index contributed by atoms with van der Waals surface area (Å²) in [6.45, 7) is 1.39. The smallest absolute Gasteiger partial charge is 0.223 e. The summed E-state index contributed by atoms with van der Waals surface area (Å²) >= 11 is 6.04. The van der Waals surface area contributed by atoms with Crippen molar-refractivity contribution in [1.82, 2.24) is 5.32 Å². The van der Waals surface area contributed by atoms with Crippen LogP contribution in [0.15, 0.2) is 72.1 Å². The number of amides is 1. The van der Waals surface area contributed by atoms with E-state index in [1.807, 2.05) is 48.5 Å². The van der Waals surface area contributed by atoms with Crippen LogP contribution in [0.5, 0.6) is 5.75 Å². The minimum Gasteiger partial charge on any atom is -0.439 e. The number of nitrogens with zero attached hydrogens (tertiary/aromatic N) is 1. The van der Waals surface area contributed by atoms with Crippen LogP contribution in [-0.2, 0) is 4.79 Å². The second-order valence-corrected chi connectivity index (χ2v) is 6.76. The molecule has 0 bridgehead atoms. The molecule has 3 aromatic carbocycles. The number of fused-ring (bicyclic) bond motifs is 3. The van der Waals surface area contributed by atoms with Crippen molar-refractivity contribution in [2.45, 2.75) is 12.8 Å². The number of halogens is 1. The van der Waals surface area contributed by atoms with Gasteiger partial charge in [-0.2, -0.15) is 5.26 Å². The average molecular weight is 375 g/mol. The first-order chi connectivity index (χ1) is 13.1. The first-order valence-electron chi connectivity index (χ1n) is 8.45. The van der Waals surface area contributed by atoms with Gasteiger partial charge in [-0.15, -0.1) is 0 Å². The molecule has 1 amide bonds. The molecule has 1 unspecified atom stereocenters. The highest BCUT2D eigenvalue weighted by Crippen LogP contribution is 2.45. The largest absolute Gasteiger partial charge is 0.439 e. The lowest BCUT2D eigenvalue weighted by Crippen LogP contribution is -2.29. The fourth-order valence-electron chi connectivity index (χ4n) is 3.41. The van der Waals surface area contributed by atoms with Gasteiger partial charge < -0.3 is 4.74 Å². The minimum atomic E-state index is -0.359. The molecule has 4 rings (SSSR count). The lowest BCUT2D eigenvalue weighted by molar-refractivity contribution is -0.118. The Bertz CT molecular complexity index is 1130. The monoisotopic (exact) mass is 374 g/mol. The summed E-state index contributed by atoms with van der Waals surface area (Å²) in [5.41, 5.74) is 2.13. The summed E-state index contributed by atoms with van der Waals surface area (Å²) in [5.74, 6) is 0.170. The van der Waals surface area contributed by atoms with E-state index in [2.05, 4.69) is 11.4 Å². The minimum absolute atomic E-state index is 0.175. The fourth-order valence-corrected chi connectivity index (χ4v) is 3.54. The molecule has 3 aromatic rings. The first kappa shape index (κ1) is 17.1. The van der Waals surface area contributed by atoms with Gasteiger partial charge in [-0.25, -0.2) is 0 Å². The van der Waals surface area contributed by atoms with Gasteiger partial charge in [0, 0.05) is 22.9 Å². The van der Waals surface area contributed by atoms with Crippen LogP contribution in [0.3, 0.4) is 0 Å². The molecule has 1 atom stereocenters. The quantitative estimate of drug-likeness (QED) is 0.694. The molecular formula is C22H15ClN2O2. The Morgan fingerprint density at radius 3 is 2.56 bits per heavy atom. The molecule has 0 spiro atoms. The Balaban J connectivity index is 2.00. The molecule has 0 saturated heterocycles. The third kappa shape index (κ3) is 3.03. The topological polar surface area (TPSA) is 62.1 Å². The van der Waals surface area contributed by atoms with E-state index in [-0.39, 0.29) is 17.7 Å². The van der Waals surface area contributed by atoms with Gasteiger partial charge in [-0.05, 0) is 23.1 Å². The number of hydrogen-bond acceptors (Lipinski definition) is 3. The third-order valence-electron chi connectivity index (χ3n) is 4.57. The van der Waals surface area contributed by atoms with Crippen LogP contribution in [-0.4, -0.2) is 5.91 Å². The van der Waals surface area contributed by atoms with Crippen molar-refractivity contribution in [3.8, 4) is 11.8 Å². The molecule has 27 heavy (non-hydrogen) atoms. The van der Waals surface area contributed by atoms with E-state index < -0.39 is 0 Å². The number of rotatable bonds is 2. The summed E-state index contributed by atoms with van der Waals surface area (Å²) in [5, 5.41) is 15.1. The van der Waals surface area contributed by atoms with Gasteiger partial charge in [-0.3, -0.25) is 10.1 Å². The maximum absolute atomic E-state index is 11.7. The molecule has 0 fully saturated rings. The van der Waals surface area contributed by atoms with E-state index in [0.29, 0.717) is 16.3 Å². The second-order valence-electron chi connectivity index (χ2n) is 6.33. The number of carbonyl (C=O) groups is 1. The lowest BCUT2D eigenvalue weighted by Gasteiger charge is -2.29. The molecule has 1 heterocycles. The van der Waals surface area contributed by atoms with Gasteiger partial charge in [0.15, 0.2) is 0 Å². The molecule has 4 nitrogen and oxygen atoms in total. The van der Waals surface area contributed by atoms with Crippen molar-refractivity contribution < 1.29 is 9.53 Å². The molecule has 0 saturated carbocycles. The first-order valence-corrected chi connectivity index (χ1v) is 8.83. The van der Waals surface area contributed by atoms with E-state index >= 15 is 0 Å². The Morgan fingerprint density at radius 2 is 1.85 bits per heavy atom. The molecule has 1 aliphatic heterocycles. The van der Waals surface area contributed by atoms with Gasteiger partial charge >= 0.3 is 0 Å². The Kier molecular flexibility index (Phi) is 4.31. The second kappa shape index (κ2) is 6.79. The third-order valence-corrected chi connectivity index (χ3v) is 4.82. The van der Waals surface area contributed by atoms with Crippen molar-refractivity contribution in [2.75, 3.05) is 0 Å². The molecule has 0 aromatic heterocycles. The molecule has 0 aliphatic carbocycles. The molecule has 0 radical (unpaired) electrons. The number of carbonyl (C=O) groups excluding carboxylic acids is 1. The van der Waals surface area contributed by atoms with E-state index in [1.165, 1.54) is 6.92 Å². The van der Waals surface area contributed by atoms with Crippen LogP contribution in [0, 0.1) is 11.3 Å². The highest BCUT2D eigenvalue weighted by atomic mass is 35.5. The lowest BCUT2D eigenvalue weighted by atomic mass is 9.82. The van der Waals surface area contributed by atoms with Crippen molar-refractivity contribution in [3.05, 3.63) is 88.3 Å². The van der Waals surface area contributed by atoms with Gasteiger partial charge in [0.2, 0.25) is 11.8 Å². The fraction of sp³-hybridized carbons (Fsp3) is 0.0909. The number of benzene rings is 3. The highest BCUT2D eigenvalue weighted by Gasteiger charge is 2.33. The van der Waals surface area contributed by atoms with Crippen molar-refractivity contribution in [1.29, 1.82) is 5.26 Å². The zero-order valence-corrected chi connectivity index (χ0v) is 15.2. The predicted octanol–water partition coefficient (Wildman–Crippen LogP) is 4.89. The number of nitriles is 1. The zero-order valence-electron chi connectivity index (χ0n) is 14.5. The van der Waals surface area contributed by atoms with Crippen LogP contribution in [0.4, 0.5) is 0 Å². The Hall–Kier alpha value is -3.29. The van der Waals surface area contributed by atoms with Crippen LogP contribution in [0.2, 0.25) is 5.02 Å².